The molecule has 0 radical (unpaired) electrons. The van der Waals surface area contributed by atoms with Gasteiger partial charge in [0.15, 0.2) is 0 Å². The molecule has 1 saturated carbocycles. The second kappa shape index (κ2) is 7.46. The van der Waals surface area contributed by atoms with Gasteiger partial charge in [-0.25, -0.2) is 0 Å². The van der Waals surface area contributed by atoms with E-state index in [1.807, 2.05) is 0 Å². The SMILES string of the molecule is O=C([O-])C[C@H](c1ccc(OC2CCCC2)cc1)N1C(=O)c2ccccc2C1=O. The number of nitrogens with zero attached hydrogens (tertiary/aromatic N) is 1. The fourth-order valence-electron chi connectivity index (χ4n) is 3.97. The van der Waals surface area contributed by atoms with Crippen LogP contribution in [0.4, 0.5) is 0 Å². The van der Waals surface area contributed by atoms with Crippen LogP contribution in [-0.4, -0.2) is 28.8 Å². The Morgan fingerprint density at radius 1 is 1.00 bits per heavy atom. The van der Waals surface area contributed by atoms with E-state index in [0.717, 1.165) is 30.6 Å². The van der Waals surface area contributed by atoms with Crippen LogP contribution in [0.15, 0.2) is 48.5 Å². The average molecular weight is 378 g/mol. The monoisotopic (exact) mass is 378 g/mol. The number of benzene rings is 2. The molecule has 144 valence electrons. The van der Waals surface area contributed by atoms with Crippen molar-refractivity contribution < 1.29 is 24.2 Å². The van der Waals surface area contributed by atoms with Crippen LogP contribution in [0, 0.1) is 0 Å². The summed E-state index contributed by atoms with van der Waals surface area (Å²) >= 11 is 0. The molecule has 28 heavy (non-hydrogen) atoms. The highest BCUT2D eigenvalue weighted by Gasteiger charge is 2.40. The molecule has 0 bridgehead atoms. The number of imide groups is 1. The lowest BCUT2D eigenvalue weighted by Gasteiger charge is -2.27. The highest BCUT2D eigenvalue weighted by atomic mass is 16.5. The van der Waals surface area contributed by atoms with E-state index in [4.69, 9.17) is 4.74 Å². The van der Waals surface area contributed by atoms with Crippen LogP contribution in [0.5, 0.6) is 5.75 Å². The van der Waals surface area contributed by atoms with Gasteiger partial charge >= 0.3 is 0 Å². The zero-order valence-corrected chi connectivity index (χ0v) is 15.3. The van der Waals surface area contributed by atoms with Crippen molar-refractivity contribution in [2.45, 2.75) is 44.2 Å². The molecule has 0 N–H and O–H groups in total. The first-order valence-electron chi connectivity index (χ1n) is 9.48. The lowest BCUT2D eigenvalue weighted by Crippen LogP contribution is -2.38. The molecule has 1 aliphatic heterocycles. The van der Waals surface area contributed by atoms with Gasteiger partial charge in [0, 0.05) is 12.4 Å². The summed E-state index contributed by atoms with van der Waals surface area (Å²) in [6.07, 6.45) is 4.13. The average Bonchev–Trinajstić information content (AvgIpc) is 3.28. The van der Waals surface area contributed by atoms with Crippen molar-refractivity contribution >= 4 is 17.8 Å². The number of hydrogen-bond donors (Lipinski definition) is 0. The van der Waals surface area contributed by atoms with Crippen molar-refractivity contribution in [3.8, 4) is 5.75 Å². The lowest BCUT2D eigenvalue weighted by molar-refractivity contribution is -0.306. The molecule has 1 heterocycles. The minimum absolute atomic E-state index is 0.209. The Bertz CT molecular complexity index is 880. The quantitative estimate of drug-likeness (QED) is 0.721. The second-order valence-corrected chi connectivity index (χ2v) is 7.21. The number of aliphatic carboxylic acids is 1. The molecule has 2 aliphatic rings. The minimum atomic E-state index is -1.33. The normalized spacial score (nSPS) is 17.6. The Labute approximate surface area is 162 Å². The summed E-state index contributed by atoms with van der Waals surface area (Å²) in [5.74, 6) is -1.60. The molecule has 6 nitrogen and oxygen atoms in total. The molecule has 1 atom stereocenters. The van der Waals surface area contributed by atoms with Gasteiger partial charge in [0.05, 0.1) is 23.3 Å². The molecule has 0 spiro atoms. The van der Waals surface area contributed by atoms with Crippen molar-refractivity contribution in [1.29, 1.82) is 0 Å². The fraction of sp³-hybridized carbons (Fsp3) is 0.318. The number of hydrogen-bond acceptors (Lipinski definition) is 5. The van der Waals surface area contributed by atoms with E-state index >= 15 is 0 Å². The molecule has 4 rings (SSSR count). The van der Waals surface area contributed by atoms with Crippen LogP contribution in [0.25, 0.3) is 0 Å². The number of ether oxygens (including phenoxy) is 1. The number of carbonyl (C=O) groups excluding carboxylic acids is 3. The standard InChI is InChI=1S/C22H21NO5/c24-20(25)13-19(23-21(26)17-7-3-4-8-18(17)22(23)27)14-9-11-16(12-10-14)28-15-5-1-2-6-15/h3-4,7-12,15,19H,1-2,5-6,13H2,(H,24,25)/p-1/t19-/m1/s1. The van der Waals surface area contributed by atoms with E-state index in [0.29, 0.717) is 11.3 Å². The predicted molar refractivity (Wildman–Crippen MR) is 98.6 cm³/mol. The van der Waals surface area contributed by atoms with Crippen molar-refractivity contribution in [3.63, 3.8) is 0 Å². The third-order valence-corrected chi connectivity index (χ3v) is 5.37. The first kappa shape index (κ1) is 18.2. The van der Waals surface area contributed by atoms with E-state index in [9.17, 15) is 19.5 Å². The number of amides is 2. The molecular weight excluding hydrogens is 358 g/mol. The summed E-state index contributed by atoms with van der Waals surface area (Å²) in [5.41, 5.74) is 1.13. The Kier molecular flexibility index (Phi) is 4.86. The molecule has 2 aromatic carbocycles. The molecule has 2 aromatic rings. The highest BCUT2D eigenvalue weighted by molar-refractivity contribution is 6.21. The zero-order chi connectivity index (χ0) is 19.7. The highest BCUT2D eigenvalue weighted by Crippen LogP contribution is 2.34. The van der Waals surface area contributed by atoms with Crippen LogP contribution in [0.2, 0.25) is 0 Å². The van der Waals surface area contributed by atoms with Gasteiger partial charge in [0.1, 0.15) is 5.75 Å². The third kappa shape index (κ3) is 3.38. The molecule has 1 fully saturated rings. The summed E-state index contributed by atoms with van der Waals surface area (Å²) in [4.78, 5) is 37.9. The molecule has 0 saturated heterocycles. The van der Waals surface area contributed by atoms with E-state index in [-0.39, 0.29) is 17.2 Å². The Morgan fingerprint density at radius 3 is 2.11 bits per heavy atom. The topological polar surface area (TPSA) is 86.7 Å². The van der Waals surface area contributed by atoms with Crippen LogP contribution >= 0.6 is 0 Å². The van der Waals surface area contributed by atoms with Gasteiger partial charge in [0.2, 0.25) is 0 Å². The smallest absolute Gasteiger partial charge is 0.262 e. The van der Waals surface area contributed by atoms with Crippen LogP contribution < -0.4 is 9.84 Å². The number of carboxylic acids is 1. The maximum absolute atomic E-state index is 12.8. The zero-order valence-electron chi connectivity index (χ0n) is 15.3. The molecule has 2 amide bonds. The molecule has 0 unspecified atom stereocenters. The maximum Gasteiger partial charge on any atom is 0.262 e. The minimum Gasteiger partial charge on any atom is -0.550 e. The number of carbonyl (C=O) groups is 3. The lowest BCUT2D eigenvalue weighted by atomic mass is 10.0. The fourth-order valence-corrected chi connectivity index (χ4v) is 3.97. The van der Waals surface area contributed by atoms with E-state index < -0.39 is 30.2 Å². The van der Waals surface area contributed by atoms with Crippen LogP contribution in [-0.2, 0) is 4.79 Å². The van der Waals surface area contributed by atoms with Crippen molar-refractivity contribution in [3.05, 3.63) is 65.2 Å². The summed E-state index contributed by atoms with van der Waals surface area (Å²) < 4.78 is 5.93. The van der Waals surface area contributed by atoms with Gasteiger partial charge < -0.3 is 14.6 Å². The molecule has 6 heteroatoms. The predicted octanol–water partition coefficient (Wildman–Crippen LogP) is 2.49. The Balaban J connectivity index is 1.61. The second-order valence-electron chi connectivity index (χ2n) is 7.21. The van der Waals surface area contributed by atoms with E-state index in [1.54, 1.807) is 48.5 Å². The molecular formula is C22H20NO5-. The maximum atomic E-state index is 12.8. The first-order chi connectivity index (χ1) is 13.5. The summed E-state index contributed by atoms with van der Waals surface area (Å²) in [6.45, 7) is 0. The van der Waals surface area contributed by atoms with Crippen molar-refractivity contribution in [2.24, 2.45) is 0 Å². The van der Waals surface area contributed by atoms with Gasteiger partial charge in [-0.1, -0.05) is 24.3 Å². The van der Waals surface area contributed by atoms with E-state index in [1.165, 1.54) is 0 Å². The Hall–Kier alpha value is -3.15. The van der Waals surface area contributed by atoms with Gasteiger partial charge in [0.25, 0.3) is 11.8 Å². The summed E-state index contributed by atoms with van der Waals surface area (Å²) in [6, 6.07) is 12.5. The van der Waals surface area contributed by atoms with Gasteiger partial charge in [-0.2, -0.15) is 0 Å². The number of fused-ring (bicyclic) bond motifs is 1. The summed E-state index contributed by atoms with van der Waals surface area (Å²) in [5, 5.41) is 11.3. The third-order valence-electron chi connectivity index (χ3n) is 5.37. The van der Waals surface area contributed by atoms with Crippen LogP contribution in [0.1, 0.15) is 64.4 Å². The molecule has 1 aliphatic carbocycles. The Morgan fingerprint density at radius 2 is 1.57 bits per heavy atom. The first-order valence-corrected chi connectivity index (χ1v) is 9.48. The number of carboxylic acid groups (broad SMARTS) is 1. The van der Waals surface area contributed by atoms with Gasteiger partial charge in [-0.05, 0) is 55.5 Å². The van der Waals surface area contributed by atoms with Crippen molar-refractivity contribution in [2.75, 3.05) is 0 Å². The van der Waals surface area contributed by atoms with Gasteiger partial charge in [-0.3, -0.25) is 14.5 Å². The van der Waals surface area contributed by atoms with Crippen molar-refractivity contribution in [1.82, 2.24) is 4.90 Å². The van der Waals surface area contributed by atoms with E-state index in [2.05, 4.69) is 0 Å². The summed E-state index contributed by atoms with van der Waals surface area (Å²) in [7, 11) is 0. The van der Waals surface area contributed by atoms with Gasteiger partial charge in [-0.15, -0.1) is 0 Å². The molecule has 0 aromatic heterocycles. The number of rotatable bonds is 6. The largest absolute Gasteiger partial charge is 0.550 e. The van der Waals surface area contributed by atoms with Crippen LogP contribution in [0.3, 0.4) is 0 Å².